The van der Waals surface area contributed by atoms with Gasteiger partial charge >= 0.3 is 0 Å². The van der Waals surface area contributed by atoms with Gasteiger partial charge in [-0.05, 0) is 13.8 Å². The first kappa shape index (κ1) is 13.2. The van der Waals surface area contributed by atoms with Crippen molar-refractivity contribution in [2.24, 2.45) is 5.73 Å². The molecule has 1 aromatic rings. The number of nitrogens with zero attached hydrogens (tertiary/aromatic N) is 1. The molecule has 2 amide bonds. The highest BCUT2D eigenvalue weighted by Gasteiger charge is 2.14. The molecule has 0 aliphatic carbocycles. The van der Waals surface area contributed by atoms with Crippen molar-refractivity contribution in [3.63, 3.8) is 0 Å². The van der Waals surface area contributed by atoms with Crippen LogP contribution in [0.15, 0.2) is 10.6 Å². The topological polar surface area (TPSA) is 110 Å². The first-order valence-electron chi connectivity index (χ1n) is 5.21. The van der Waals surface area contributed by atoms with E-state index in [1.807, 2.05) is 0 Å². The van der Waals surface area contributed by atoms with Crippen LogP contribution >= 0.6 is 0 Å². The molecule has 0 bridgehead atoms. The van der Waals surface area contributed by atoms with Crippen molar-refractivity contribution in [1.29, 1.82) is 0 Å². The molecule has 4 N–H and O–H groups in total. The molecule has 0 radical (unpaired) electrons. The summed E-state index contributed by atoms with van der Waals surface area (Å²) in [6.45, 7) is 3.27. The van der Waals surface area contributed by atoms with Crippen molar-refractivity contribution in [2.75, 3.05) is 13.1 Å². The lowest BCUT2D eigenvalue weighted by Crippen LogP contribution is -2.40. The minimum atomic E-state index is -0.375. The fraction of sp³-hybridized carbons (Fsp3) is 0.500. The second-order valence-electron chi connectivity index (χ2n) is 3.58. The molecule has 0 fully saturated rings. The predicted octanol–water partition coefficient (Wildman–Crippen LogP) is -0.765. The van der Waals surface area contributed by atoms with E-state index in [1.54, 1.807) is 20.0 Å². The third kappa shape index (κ3) is 4.23. The number of rotatable bonds is 5. The van der Waals surface area contributed by atoms with Crippen molar-refractivity contribution >= 4 is 11.8 Å². The van der Waals surface area contributed by atoms with Crippen LogP contribution < -0.4 is 16.4 Å². The molecular formula is C10H16N4O3. The Morgan fingerprint density at radius 3 is 2.76 bits per heavy atom. The van der Waals surface area contributed by atoms with Gasteiger partial charge in [-0.3, -0.25) is 9.59 Å². The Bertz CT molecular complexity index is 402. The summed E-state index contributed by atoms with van der Waals surface area (Å²) in [5.74, 6) is 0.411. The smallest absolute Gasteiger partial charge is 0.240 e. The molecule has 1 atom stereocenters. The molecular weight excluding hydrogens is 224 g/mol. The standard InChI is InChI=1S/C10H16N4O3/c1-6-4-13-10(17-6)7(2)14-9(16)5-12-8(15)3-11/h4,7H,3,5,11H2,1-2H3,(H,12,15)(H,14,16). The van der Waals surface area contributed by atoms with Gasteiger partial charge in [0.15, 0.2) is 0 Å². The average molecular weight is 240 g/mol. The Balaban J connectivity index is 2.38. The molecule has 0 saturated heterocycles. The monoisotopic (exact) mass is 240 g/mol. The Kier molecular flexibility index (Phi) is 4.65. The summed E-state index contributed by atoms with van der Waals surface area (Å²) in [5.41, 5.74) is 5.08. The maximum absolute atomic E-state index is 11.4. The Labute approximate surface area is 98.8 Å². The molecule has 1 rings (SSSR count). The van der Waals surface area contributed by atoms with E-state index < -0.39 is 0 Å². The van der Waals surface area contributed by atoms with Crippen LogP contribution in [0.25, 0.3) is 0 Å². The van der Waals surface area contributed by atoms with Gasteiger partial charge in [-0.1, -0.05) is 0 Å². The zero-order valence-corrected chi connectivity index (χ0v) is 9.82. The van der Waals surface area contributed by atoms with E-state index in [9.17, 15) is 9.59 Å². The van der Waals surface area contributed by atoms with E-state index in [1.165, 1.54) is 0 Å². The van der Waals surface area contributed by atoms with E-state index >= 15 is 0 Å². The van der Waals surface area contributed by atoms with E-state index in [0.29, 0.717) is 11.7 Å². The highest BCUT2D eigenvalue weighted by atomic mass is 16.4. The second-order valence-corrected chi connectivity index (χ2v) is 3.58. The van der Waals surface area contributed by atoms with Crippen molar-refractivity contribution in [3.05, 3.63) is 17.8 Å². The molecule has 0 saturated carbocycles. The maximum Gasteiger partial charge on any atom is 0.240 e. The van der Waals surface area contributed by atoms with Gasteiger partial charge in [0.1, 0.15) is 11.8 Å². The summed E-state index contributed by atoms with van der Waals surface area (Å²) in [6.07, 6.45) is 1.58. The van der Waals surface area contributed by atoms with Crippen molar-refractivity contribution in [3.8, 4) is 0 Å². The molecule has 0 aromatic carbocycles. The Morgan fingerprint density at radius 2 is 2.24 bits per heavy atom. The summed E-state index contributed by atoms with van der Waals surface area (Å²) in [6, 6.07) is -0.342. The number of oxazole rings is 1. The number of nitrogens with two attached hydrogens (primary N) is 1. The summed E-state index contributed by atoms with van der Waals surface area (Å²) < 4.78 is 5.26. The van der Waals surface area contributed by atoms with Crippen LogP contribution in [0.4, 0.5) is 0 Å². The van der Waals surface area contributed by atoms with Crippen molar-refractivity contribution in [2.45, 2.75) is 19.9 Å². The molecule has 0 aliphatic heterocycles. The number of amides is 2. The number of carbonyl (C=O) groups is 2. The van der Waals surface area contributed by atoms with Crippen LogP contribution in [-0.4, -0.2) is 29.9 Å². The van der Waals surface area contributed by atoms with E-state index in [0.717, 1.165) is 0 Å². The molecule has 94 valence electrons. The first-order valence-corrected chi connectivity index (χ1v) is 5.21. The second kappa shape index (κ2) is 6.00. The van der Waals surface area contributed by atoms with Crippen LogP contribution in [0.2, 0.25) is 0 Å². The van der Waals surface area contributed by atoms with Crippen LogP contribution in [0.5, 0.6) is 0 Å². The third-order valence-electron chi connectivity index (χ3n) is 2.02. The summed E-state index contributed by atoms with van der Waals surface area (Å²) in [5, 5.41) is 5.01. The minimum absolute atomic E-state index is 0.111. The van der Waals surface area contributed by atoms with Gasteiger partial charge in [0.25, 0.3) is 0 Å². The number of aryl methyl sites for hydroxylation is 1. The molecule has 7 heteroatoms. The van der Waals surface area contributed by atoms with Gasteiger partial charge in [-0.15, -0.1) is 0 Å². The fourth-order valence-electron chi connectivity index (χ4n) is 1.18. The lowest BCUT2D eigenvalue weighted by Gasteiger charge is -2.10. The largest absolute Gasteiger partial charge is 0.444 e. The van der Waals surface area contributed by atoms with Crippen molar-refractivity contribution < 1.29 is 14.0 Å². The van der Waals surface area contributed by atoms with E-state index in [-0.39, 0.29) is 30.9 Å². The SMILES string of the molecule is Cc1cnc(C(C)NC(=O)CNC(=O)CN)o1. The van der Waals surface area contributed by atoms with E-state index in [4.69, 9.17) is 10.2 Å². The highest BCUT2D eigenvalue weighted by molar-refractivity contribution is 5.85. The van der Waals surface area contributed by atoms with Gasteiger partial charge in [0, 0.05) is 0 Å². The van der Waals surface area contributed by atoms with Gasteiger partial charge in [-0.25, -0.2) is 4.98 Å². The predicted molar refractivity (Wildman–Crippen MR) is 59.9 cm³/mol. The summed E-state index contributed by atoms with van der Waals surface area (Å²) in [7, 11) is 0. The Morgan fingerprint density at radius 1 is 1.53 bits per heavy atom. The molecule has 0 spiro atoms. The Hall–Kier alpha value is -1.89. The lowest BCUT2D eigenvalue weighted by atomic mass is 10.3. The fourth-order valence-corrected chi connectivity index (χ4v) is 1.18. The van der Waals surface area contributed by atoms with E-state index in [2.05, 4.69) is 15.6 Å². The third-order valence-corrected chi connectivity index (χ3v) is 2.02. The van der Waals surface area contributed by atoms with Crippen LogP contribution in [0.1, 0.15) is 24.6 Å². The van der Waals surface area contributed by atoms with Crippen LogP contribution in [0.3, 0.4) is 0 Å². The normalized spacial score (nSPS) is 11.9. The zero-order valence-electron chi connectivity index (χ0n) is 9.82. The van der Waals surface area contributed by atoms with Crippen molar-refractivity contribution in [1.82, 2.24) is 15.6 Å². The number of nitrogens with one attached hydrogen (secondary N) is 2. The molecule has 1 unspecified atom stereocenters. The number of hydrogen-bond donors (Lipinski definition) is 3. The summed E-state index contributed by atoms with van der Waals surface area (Å²) >= 11 is 0. The van der Waals surface area contributed by atoms with Gasteiger partial charge in [0.05, 0.1) is 19.3 Å². The van der Waals surface area contributed by atoms with Gasteiger partial charge in [0.2, 0.25) is 17.7 Å². The van der Waals surface area contributed by atoms with Gasteiger partial charge < -0.3 is 20.8 Å². The average Bonchev–Trinajstić information content (AvgIpc) is 2.72. The quantitative estimate of drug-likeness (QED) is 0.626. The highest BCUT2D eigenvalue weighted by Crippen LogP contribution is 2.11. The number of aromatic nitrogens is 1. The summed E-state index contributed by atoms with van der Waals surface area (Å²) in [4.78, 5) is 26.2. The number of hydrogen-bond acceptors (Lipinski definition) is 5. The van der Waals surface area contributed by atoms with Gasteiger partial charge in [-0.2, -0.15) is 0 Å². The zero-order chi connectivity index (χ0) is 12.8. The first-order chi connectivity index (χ1) is 8.02. The maximum atomic E-state index is 11.4. The molecule has 1 heterocycles. The van der Waals surface area contributed by atoms with Crippen LogP contribution in [-0.2, 0) is 9.59 Å². The molecule has 7 nitrogen and oxygen atoms in total. The lowest BCUT2D eigenvalue weighted by molar-refractivity contribution is -0.125. The number of carbonyl (C=O) groups excluding carboxylic acids is 2. The minimum Gasteiger partial charge on any atom is -0.444 e. The molecule has 0 aliphatic rings. The van der Waals surface area contributed by atoms with Crippen LogP contribution in [0, 0.1) is 6.92 Å². The molecule has 17 heavy (non-hydrogen) atoms. The molecule has 1 aromatic heterocycles.